The number of hydrogen-bond donors (Lipinski definition) is 0. The zero-order chi connectivity index (χ0) is 13.8. The second-order valence-electron chi connectivity index (χ2n) is 4.48. The molecule has 0 atom stereocenters. The van der Waals surface area contributed by atoms with Crippen molar-refractivity contribution in [1.29, 1.82) is 0 Å². The predicted octanol–water partition coefficient (Wildman–Crippen LogP) is 4.17. The van der Waals surface area contributed by atoms with Gasteiger partial charge in [0.25, 0.3) is 0 Å². The Labute approximate surface area is 126 Å². The Hall–Kier alpha value is -1.36. The third kappa shape index (κ3) is 3.80. The van der Waals surface area contributed by atoms with Crippen LogP contribution in [0.2, 0.25) is 0 Å². The van der Waals surface area contributed by atoms with Crippen LogP contribution in [0.15, 0.2) is 42.5 Å². The molecule has 19 heavy (non-hydrogen) atoms. The maximum absolute atomic E-state index is 12.1. The van der Waals surface area contributed by atoms with Crippen molar-refractivity contribution < 1.29 is 9.53 Å². The van der Waals surface area contributed by atoms with Crippen LogP contribution in [0.5, 0.6) is 5.75 Å². The number of halogens is 1. The van der Waals surface area contributed by atoms with E-state index in [-0.39, 0.29) is 12.4 Å². The molecule has 0 heterocycles. The third-order valence-electron chi connectivity index (χ3n) is 2.87. The fourth-order valence-corrected chi connectivity index (χ4v) is 2.24. The molecule has 0 radical (unpaired) electrons. The standard InChI is InChI=1S/C16H15IO2/c1-11-3-8-15(12(2)9-11)16(18)10-19-14-6-4-13(17)5-7-14/h3-9H,10H2,1-2H3. The van der Waals surface area contributed by atoms with Gasteiger partial charge in [0.15, 0.2) is 12.4 Å². The number of benzene rings is 2. The van der Waals surface area contributed by atoms with Crippen LogP contribution in [0.25, 0.3) is 0 Å². The van der Waals surface area contributed by atoms with Crippen molar-refractivity contribution in [1.82, 2.24) is 0 Å². The highest BCUT2D eigenvalue weighted by atomic mass is 127. The summed E-state index contributed by atoms with van der Waals surface area (Å²) in [6.07, 6.45) is 0. The van der Waals surface area contributed by atoms with Crippen LogP contribution in [-0.2, 0) is 0 Å². The molecule has 0 unspecified atom stereocenters. The van der Waals surface area contributed by atoms with E-state index in [0.717, 1.165) is 26.0 Å². The molecular weight excluding hydrogens is 351 g/mol. The molecule has 0 bridgehead atoms. The highest BCUT2D eigenvalue weighted by Gasteiger charge is 2.09. The molecule has 0 aliphatic heterocycles. The quantitative estimate of drug-likeness (QED) is 0.600. The number of aryl methyl sites for hydroxylation is 2. The summed E-state index contributed by atoms with van der Waals surface area (Å²) in [5.74, 6) is 0.731. The first-order valence-electron chi connectivity index (χ1n) is 6.05. The Morgan fingerprint density at radius 1 is 1.11 bits per heavy atom. The van der Waals surface area contributed by atoms with Crippen LogP contribution in [0.3, 0.4) is 0 Å². The molecule has 2 aromatic rings. The van der Waals surface area contributed by atoms with Gasteiger partial charge in [-0.2, -0.15) is 0 Å². The molecule has 0 N–H and O–H groups in total. The van der Waals surface area contributed by atoms with Crippen molar-refractivity contribution in [2.75, 3.05) is 6.61 Å². The SMILES string of the molecule is Cc1ccc(C(=O)COc2ccc(I)cc2)c(C)c1. The first-order valence-corrected chi connectivity index (χ1v) is 7.13. The molecular formula is C16H15IO2. The van der Waals surface area contributed by atoms with Crippen LogP contribution >= 0.6 is 22.6 Å². The number of carbonyl (C=O) groups is 1. The van der Waals surface area contributed by atoms with Gasteiger partial charge in [0.05, 0.1) is 0 Å². The highest BCUT2D eigenvalue weighted by Crippen LogP contribution is 2.15. The lowest BCUT2D eigenvalue weighted by atomic mass is 10.0. The van der Waals surface area contributed by atoms with E-state index in [1.54, 1.807) is 0 Å². The van der Waals surface area contributed by atoms with Crippen LogP contribution < -0.4 is 4.74 Å². The summed E-state index contributed by atoms with van der Waals surface area (Å²) in [6, 6.07) is 13.5. The molecule has 0 fully saturated rings. The molecule has 0 spiro atoms. The van der Waals surface area contributed by atoms with Crippen molar-refractivity contribution in [3.05, 3.63) is 62.7 Å². The number of ether oxygens (including phenoxy) is 1. The second-order valence-corrected chi connectivity index (χ2v) is 5.73. The summed E-state index contributed by atoms with van der Waals surface area (Å²) >= 11 is 2.23. The van der Waals surface area contributed by atoms with Gasteiger partial charge in [0, 0.05) is 9.13 Å². The van der Waals surface area contributed by atoms with Crippen LogP contribution in [-0.4, -0.2) is 12.4 Å². The van der Waals surface area contributed by atoms with Gasteiger partial charge in [-0.15, -0.1) is 0 Å². The van der Waals surface area contributed by atoms with E-state index < -0.39 is 0 Å². The van der Waals surface area contributed by atoms with E-state index in [0.29, 0.717) is 0 Å². The summed E-state index contributed by atoms with van der Waals surface area (Å²) in [5, 5.41) is 0. The van der Waals surface area contributed by atoms with Gasteiger partial charge in [-0.05, 0) is 66.3 Å². The van der Waals surface area contributed by atoms with Gasteiger partial charge in [-0.1, -0.05) is 23.8 Å². The lowest BCUT2D eigenvalue weighted by Gasteiger charge is -2.08. The monoisotopic (exact) mass is 366 g/mol. The van der Waals surface area contributed by atoms with Crippen molar-refractivity contribution in [2.24, 2.45) is 0 Å². The normalized spacial score (nSPS) is 10.3. The van der Waals surface area contributed by atoms with Crippen LogP contribution in [0, 0.1) is 17.4 Å². The molecule has 98 valence electrons. The van der Waals surface area contributed by atoms with E-state index in [2.05, 4.69) is 22.6 Å². The Morgan fingerprint density at radius 2 is 1.79 bits per heavy atom. The van der Waals surface area contributed by atoms with Crippen LogP contribution in [0.1, 0.15) is 21.5 Å². The smallest absolute Gasteiger partial charge is 0.200 e. The molecule has 0 aliphatic carbocycles. The number of hydrogen-bond acceptors (Lipinski definition) is 2. The summed E-state index contributed by atoms with van der Waals surface area (Å²) in [7, 11) is 0. The van der Waals surface area contributed by atoms with Gasteiger partial charge >= 0.3 is 0 Å². The maximum Gasteiger partial charge on any atom is 0.200 e. The first-order chi connectivity index (χ1) is 9.06. The average molecular weight is 366 g/mol. The van der Waals surface area contributed by atoms with Gasteiger partial charge in [-0.3, -0.25) is 4.79 Å². The van der Waals surface area contributed by atoms with Crippen molar-refractivity contribution in [3.63, 3.8) is 0 Å². The lowest BCUT2D eigenvalue weighted by Crippen LogP contribution is -2.13. The second kappa shape index (κ2) is 6.19. The Bertz CT molecular complexity index is 588. The largest absolute Gasteiger partial charge is 0.485 e. The van der Waals surface area contributed by atoms with E-state index in [1.807, 2.05) is 56.3 Å². The van der Waals surface area contributed by atoms with Gasteiger partial charge < -0.3 is 4.74 Å². The fourth-order valence-electron chi connectivity index (χ4n) is 1.88. The van der Waals surface area contributed by atoms with Gasteiger partial charge in [0.1, 0.15) is 5.75 Å². The molecule has 2 nitrogen and oxygen atoms in total. The van der Waals surface area contributed by atoms with E-state index >= 15 is 0 Å². The fraction of sp³-hybridized carbons (Fsp3) is 0.188. The summed E-state index contributed by atoms with van der Waals surface area (Å²) < 4.78 is 6.65. The van der Waals surface area contributed by atoms with Crippen molar-refractivity contribution in [2.45, 2.75) is 13.8 Å². The lowest BCUT2D eigenvalue weighted by molar-refractivity contribution is 0.0921. The number of Topliss-reactive ketones (excluding diaryl/α,β-unsaturated/α-hetero) is 1. The topological polar surface area (TPSA) is 26.3 Å². The Balaban J connectivity index is 2.03. The van der Waals surface area contributed by atoms with E-state index in [4.69, 9.17) is 4.74 Å². The Morgan fingerprint density at radius 3 is 2.42 bits per heavy atom. The highest BCUT2D eigenvalue weighted by molar-refractivity contribution is 14.1. The predicted molar refractivity (Wildman–Crippen MR) is 84.9 cm³/mol. The summed E-state index contributed by atoms with van der Waals surface area (Å²) in [4.78, 5) is 12.1. The molecule has 0 aromatic heterocycles. The molecule has 0 saturated heterocycles. The van der Waals surface area contributed by atoms with Crippen LogP contribution in [0.4, 0.5) is 0 Å². The van der Waals surface area contributed by atoms with Gasteiger partial charge in [0.2, 0.25) is 0 Å². The number of ketones is 1. The molecule has 2 rings (SSSR count). The number of carbonyl (C=O) groups excluding carboxylic acids is 1. The number of rotatable bonds is 4. The minimum Gasteiger partial charge on any atom is -0.485 e. The minimum absolute atomic E-state index is 0.0102. The summed E-state index contributed by atoms with van der Waals surface area (Å²) in [6.45, 7) is 4.04. The zero-order valence-electron chi connectivity index (χ0n) is 10.9. The van der Waals surface area contributed by atoms with Crippen molar-refractivity contribution in [3.8, 4) is 5.75 Å². The molecule has 0 amide bonds. The molecule has 0 saturated carbocycles. The third-order valence-corrected chi connectivity index (χ3v) is 3.59. The van der Waals surface area contributed by atoms with E-state index in [1.165, 1.54) is 0 Å². The van der Waals surface area contributed by atoms with Gasteiger partial charge in [-0.25, -0.2) is 0 Å². The molecule has 0 aliphatic rings. The molecule has 2 aromatic carbocycles. The first kappa shape index (κ1) is 14.1. The zero-order valence-corrected chi connectivity index (χ0v) is 13.1. The Kier molecular flexibility index (Phi) is 4.58. The summed E-state index contributed by atoms with van der Waals surface area (Å²) in [5.41, 5.74) is 2.89. The van der Waals surface area contributed by atoms with E-state index in [9.17, 15) is 4.79 Å². The average Bonchev–Trinajstić information content (AvgIpc) is 2.37. The molecule has 3 heteroatoms. The van der Waals surface area contributed by atoms with Crippen molar-refractivity contribution >= 4 is 28.4 Å². The maximum atomic E-state index is 12.1. The minimum atomic E-state index is 0.0102.